The Labute approximate surface area is 230 Å². The molecule has 2 N–H and O–H groups in total. The minimum atomic E-state index is -0.249. The number of aromatic amines is 1. The molecular weight excluding hydrogens is 496 g/mol. The van der Waals surface area contributed by atoms with Gasteiger partial charge in [-0.15, -0.1) is 0 Å². The molecule has 192 valence electrons. The number of fused-ring (bicyclic) bond motifs is 2. The van der Waals surface area contributed by atoms with Crippen molar-refractivity contribution >= 4 is 28.1 Å². The molecule has 5 nitrogen and oxygen atoms in total. The monoisotopic (exact) mass is 520 g/mol. The average Bonchev–Trinajstić information content (AvgIpc) is 2.98. The summed E-state index contributed by atoms with van der Waals surface area (Å²) in [6, 6.07) is 36.3. The van der Waals surface area contributed by atoms with Crippen molar-refractivity contribution in [2.45, 2.75) is 6.92 Å². The maximum atomic E-state index is 14.2. The molecule has 5 aromatic carbocycles. The smallest absolute Gasteiger partial charge is 0.257 e. The van der Waals surface area contributed by atoms with Crippen molar-refractivity contribution in [2.75, 3.05) is 5.32 Å². The Hall–Kier alpha value is -5.42. The van der Waals surface area contributed by atoms with Gasteiger partial charge in [0.25, 0.3) is 5.56 Å². The number of H-pyrrole nitrogens is 1. The van der Waals surface area contributed by atoms with Crippen LogP contribution in [0.15, 0.2) is 120 Å². The van der Waals surface area contributed by atoms with E-state index in [1.807, 2.05) is 116 Å². The highest BCUT2D eigenvalue weighted by molar-refractivity contribution is 6.30. The van der Waals surface area contributed by atoms with E-state index in [4.69, 9.17) is 4.74 Å². The van der Waals surface area contributed by atoms with Gasteiger partial charge < -0.3 is 15.0 Å². The van der Waals surface area contributed by atoms with E-state index in [1.165, 1.54) is 0 Å². The first-order valence-electron chi connectivity index (χ1n) is 13.1. The number of anilines is 2. The molecule has 0 saturated heterocycles. The second-order valence-electron chi connectivity index (χ2n) is 9.90. The number of carbonyl (C=O) groups excluding carboxylic acids is 1. The number of rotatable bonds is 5. The molecule has 1 heterocycles. The molecule has 0 radical (unpaired) electrons. The van der Waals surface area contributed by atoms with Crippen molar-refractivity contribution in [3.8, 4) is 33.8 Å². The highest BCUT2D eigenvalue weighted by Gasteiger charge is 2.33. The van der Waals surface area contributed by atoms with Crippen molar-refractivity contribution in [2.24, 2.45) is 0 Å². The molecule has 1 aliphatic rings. The Morgan fingerprint density at radius 3 is 2.05 bits per heavy atom. The lowest BCUT2D eigenvalue weighted by atomic mass is 9.80. The zero-order valence-electron chi connectivity index (χ0n) is 21.7. The van der Waals surface area contributed by atoms with Crippen LogP contribution in [0.2, 0.25) is 0 Å². The fourth-order valence-electron chi connectivity index (χ4n) is 5.45. The van der Waals surface area contributed by atoms with Gasteiger partial charge in [-0.2, -0.15) is 0 Å². The molecule has 0 saturated carbocycles. The van der Waals surface area contributed by atoms with Gasteiger partial charge in [0.15, 0.2) is 11.5 Å². The summed E-state index contributed by atoms with van der Waals surface area (Å²) in [4.78, 5) is 31.1. The Balaban J connectivity index is 1.61. The van der Waals surface area contributed by atoms with Gasteiger partial charge in [0.1, 0.15) is 5.75 Å². The molecule has 5 heteroatoms. The average molecular weight is 521 g/mol. The molecule has 0 amide bonds. The maximum Gasteiger partial charge on any atom is 0.257 e. The third-order valence-electron chi connectivity index (χ3n) is 7.29. The summed E-state index contributed by atoms with van der Waals surface area (Å²) >= 11 is 0. The van der Waals surface area contributed by atoms with E-state index >= 15 is 0 Å². The summed E-state index contributed by atoms with van der Waals surface area (Å²) in [6.07, 6.45) is 0. The highest BCUT2D eigenvalue weighted by Crippen LogP contribution is 2.48. The Morgan fingerprint density at radius 2 is 1.32 bits per heavy atom. The van der Waals surface area contributed by atoms with Crippen LogP contribution < -0.4 is 15.6 Å². The van der Waals surface area contributed by atoms with Crippen molar-refractivity contribution in [1.82, 2.24) is 4.98 Å². The highest BCUT2D eigenvalue weighted by atomic mass is 16.5. The third-order valence-corrected chi connectivity index (χ3v) is 7.29. The number of carbonyl (C=O) groups is 1. The molecule has 1 aromatic heterocycles. The van der Waals surface area contributed by atoms with E-state index in [0.717, 1.165) is 27.9 Å². The van der Waals surface area contributed by atoms with Crippen LogP contribution in [0.4, 0.5) is 11.4 Å². The number of pyridine rings is 1. The van der Waals surface area contributed by atoms with Gasteiger partial charge in [-0.1, -0.05) is 90.5 Å². The van der Waals surface area contributed by atoms with Gasteiger partial charge in [-0.05, 0) is 42.3 Å². The minimum Gasteiger partial charge on any atom is -0.455 e. The van der Waals surface area contributed by atoms with Crippen LogP contribution in [0.1, 0.15) is 21.5 Å². The fraction of sp³-hybridized carbons (Fsp3) is 0.0286. The maximum absolute atomic E-state index is 14.2. The van der Waals surface area contributed by atoms with Gasteiger partial charge >= 0.3 is 0 Å². The molecule has 6 aromatic rings. The van der Waals surface area contributed by atoms with Gasteiger partial charge in [-0.3, -0.25) is 9.59 Å². The molecule has 0 bridgehead atoms. The number of ketones is 1. The predicted molar refractivity (Wildman–Crippen MR) is 160 cm³/mol. The number of hydrogen-bond donors (Lipinski definition) is 2. The number of hydrogen-bond acceptors (Lipinski definition) is 4. The third kappa shape index (κ3) is 3.87. The van der Waals surface area contributed by atoms with Crippen LogP contribution in [-0.2, 0) is 0 Å². The molecule has 0 aliphatic heterocycles. The Kier molecular flexibility index (Phi) is 5.56. The van der Waals surface area contributed by atoms with Crippen LogP contribution in [0.25, 0.3) is 33.2 Å². The minimum absolute atomic E-state index is 0.111. The second-order valence-corrected chi connectivity index (χ2v) is 9.90. The van der Waals surface area contributed by atoms with E-state index in [9.17, 15) is 9.59 Å². The van der Waals surface area contributed by atoms with Gasteiger partial charge in [0.05, 0.1) is 22.3 Å². The first kappa shape index (κ1) is 23.7. The SMILES string of the molecule is Cc1ccc(Nc2cc(Oc3ccccc3)c3[nH]c(=O)c(-c4ccccc4)c4c3c2C(=O)c2ccccc2-4)cc1. The zero-order chi connectivity index (χ0) is 27.2. The number of aromatic nitrogens is 1. The van der Waals surface area contributed by atoms with Crippen molar-refractivity contribution in [3.63, 3.8) is 0 Å². The van der Waals surface area contributed by atoms with Crippen molar-refractivity contribution < 1.29 is 9.53 Å². The molecule has 0 spiro atoms. The molecule has 7 rings (SSSR count). The zero-order valence-corrected chi connectivity index (χ0v) is 21.7. The first-order valence-corrected chi connectivity index (χ1v) is 13.1. The number of aryl methyl sites for hydroxylation is 1. The van der Waals surface area contributed by atoms with E-state index in [1.54, 1.807) is 6.07 Å². The van der Waals surface area contributed by atoms with Gasteiger partial charge in [0, 0.05) is 28.3 Å². The lowest BCUT2D eigenvalue weighted by molar-refractivity contribution is 0.104. The first-order chi connectivity index (χ1) is 19.6. The lowest BCUT2D eigenvalue weighted by Crippen LogP contribution is -2.19. The summed E-state index contributed by atoms with van der Waals surface area (Å²) in [5.41, 5.74) is 6.62. The quantitative estimate of drug-likeness (QED) is 0.240. The van der Waals surface area contributed by atoms with Gasteiger partial charge in [-0.25, -0.2) is 0 Å². The lowest BCUT2D eigenvalue weighted by Gasteiger charge is -2.26. The van der Waals surface area contributed by atoms with E-state index < -0.39 is 0 Å². The number of benzene rings is 5. The largest absolute Gasteiger partial charge is 0.455 e. The van der Waals surface area contributed by atoms with Crippen molar-refractivity contribution in [1.29, 1.82) is 0 Å². The Morgan fingerprint density at radius 1 is 0.675 bits per heavy atom. The Bertz CT molecular complexity index is 1980. The van der Waals surface area contributed by atoms with Crippen LogP contribution >= 0.6 is 0 Å². The summed E-state index contributed by atoms with van der Waals surface area (Å²) in [5, 5.41) is 4.13. The van der Waals surface area contributed by atoms with Crippen LogP contribution in [0.3, 0.4) is 0 Å². The van der Waals surface area contributed by atoms with Crippen LogP contribution in [0, 0.1) is 6.92 Å². The van der Waals surface area contributed by atoms with Crippen LogP contribution in [-0.4, -0.2) is 10.8 Å². The molecule has 0 unspecified atom stereocenters. The number of ether oxygens (including phenoxy) is 1. The standard InChI is InChI=1S/C35H24N2O3/c1-21-16-18-23(19-17-21)36-27-20-28(40-24-12-6-3-7-13-24)33-32-30(25-14-8-9-15-26(25)34(38)31(27)32)29(35(39)37-33)22-10-4-2-5-11-22/h2-20,36H,1H3,(H,37,39). The van der Waals surface area contributed by atoms with Crippen molar-refractivity contribution in [3.05, 3.63) is 142 Å². The topological polar surface area (TPSA) is 71.2 Å². The molecule has 40 heavy (non-hydrogen) atoms. The van der Waals surface area contributed by atoms with E-state index in [-0.39, 0.29) is 11.3 Å². The normalized spacial score (nSPS) is 11.8. The second kappa shape index (κ2) is 9.40. The van der Waals surface area contributed by atoms with Gasteiger partial charge in [0.2, 0.25) is 0 Å². The van der Waals surface area contributed by atoms with Crippen LogP contribution in [0.5, 0.6) is 11.5 Å². The molecule has 1 aliphatic carbocycles. The molecular formula is C35H24N2O3. The summed E-state index contributed by atoms with van der Waals surface area (Å²) in [6.45, 7) is 2.03. The summed E-state index contributed by atoms with van der Waals surface area (Å²) in [7, 11) is 0. The summed E-state index contributed by atoms with van der Waals surface area (Å²) in [5.74, 6) is 0.959. The fourth-order valence-corrected chi connectivity index (χ4v) is 5.45. The molecule has 0 fully saturated rings. The summed E-state index contributed by atoms with van der Waals surface area (Å²) < 4.78 is 6.37. The van der Waals surface area contributed by atoms with E-state index in [0.29, 0.717) is 44.8 Å². The number of para-hydroxylation sites is 1. The predicted octanol–water partition coefficient (Wildman–Crippen LogP) is 8.25. The van der Waals surface area contributed by atoms with E-state index in [2.05, 4.69) is 10.3 Å². The molecule has 0 atom stereocenters. The number of nitrogens with one attached hydrogen (secondary N) is 2.